The number of hydrogen-bond donors (Lipinski definition) is 2. The van der Waals surface area contributed by atoms with Gasteiger partial charge < -0.3 is 10.6 Å². The molecule has 0 bridgehead atoms. The van der Waals surface area contributed by atoms with Crippen LogP contribution in [-0.4, -0.2) is 51.7 Å². The number of sulfonamides is 1. The van der Waals surface area contributed by atoms with Gasteiger partial charge in [0, 0.05) is 20.6 Å². The molecule has 0 spiro atoms. The number of nitrogens with zero attached hydrogens (tertiary/aromatic N) is 1. The van der Waals surface area contributed by atoms with Gasteiger partial charge in [-0.1, -0.05) is 11.6 Å². The van der Waals surface area contributed by atoms with Crippen molar-refractivity contribution in [2.75, 3.05) is 27.2 Å². The highest BCUT2D eigenvalue weighted by Crippen LogP contribution is 2.22. The molecule has 2 N–H and O–H groups in total. The molecule has 7 nitrogen and oxygen atoms in total. The first-order valence-electron chi connectivity index (χ1n) is 6.47. The number of amides is 2. The van der Waals surface area contributed by atoms with Crippen molar-refractivity contribution in [3.05, 3.63) is 28.8 Å². The second-order valence-electron chi connectivity index (χ2n) is 4.57. The van der Waals surface area contributed by atoms with E-state index in [0.29, 0.717) is 6.54 Å². The van der Waals surface area contributed by atoms with Gasteiger partial charge in [0.2, 0.25) is 15.9 Å². The molecular weight excluding hydrogens is 330 g/mol. The highest BCUT2D eigenvalue weighted by Gasteiger charge is 2.20. The molecule has 1 rings (SSSR count). The normalized spacial score (nSPS) is 11.3. The van der Waals surface area contributed by atoms with Crippen molar-refractivity contribution in [2.45, 2.75) is 11.8 Å². The molecule has 0 aliphatic heterocycles. The molecule has 0 aliphatic carbocycles. The Kier molecular flexibility index (Phi) is 6.34. The zero-order valence-corrected chi connectivity index (χ0v) is 14.1. The monoisotopic (exact) mass is 347 g/mol. The molecule has 0 aromatic heterocycles. The summed E-state index contributed by atoms with van der Waals surface area (Å²) in [5.41, 5.74) is -0.00566. The number of hydrogen-bond acceptors (Lipinski definition) is 4. The first-order valence-corrected chi connectivity index (χ1v) is 8.29. The molecule has 0 unspecified atom stereocenters. The van der Waals surface area contributed by atoms with Crippen LogP contribution in [0.25, 0.3) is 0 Å². The predicted octanol–water partition coefficient (Wildman–Crippen LogP) is 0.456. The molecule has 0 radical (unpaired) electrons. The molecule has 0 fully saturated rings. The Morgan fingerprint density at radius 3 is 2.41 bits per heavy atom. The molecule has 2 amide bonds. The van der Waals surface area contributed by atoms with Crippen LogP contribution in [0.5, 0.6) is 0 Å². The number of likely N-dealkylation sites (N-methyl/N-ethyl adjacent to an activating group) is 1. The quantitative estimate of drug-likeness (QED) is 0.781. The van der Waals surface area contributed by atoms with Gasteiger partial charge in [0.1, 0.15) is 0 Å². The van der Waals surface area contributed by atoms with Crippen molar-refractivity contribution >= 4 is 33.4 Å². The molecule has 9 heteroatoms. The Bertz CT molecular complexity index is 674. The van der Waals surface area contributed by atoms with E-state index in [4.69, 9.17) is 11.6 Å². The average Bonchev–Trinajstić information content (AvgIpc) is 2.45. The lowest BCUT2D eigenvalue weighted by Crippen LogP contribution is -2.37. The Morgan fingerprint density at radius 1 is 1.23 bits per heavy atom. The second kappa shape index (κ2) is 7.57. The SMILES string of the molecule is CCNC(=O)CNC(=O)c1cc(S(=O)(=O)N(C)C)ccc1Cl. The van der Waals surface area contributed by atoms with Gasteiger partial charge in [-0.2, -0.15) is 0 Å². The third-order valence-electron chi connectivity index (χ3n) is 2.74. The van der Waals surface area contributed by atoms with Gasteiger partial charge in [-0.25, -0.2) is 12.7 Å². The number of nitrogens with one attached hydrogen (secondary N) is 2. The molecular formula is C13H18ClN3O4S. The molecule has 22 heavy (non-hydrogen) atoms. The van der Waals surface area contributed by atoms with E-state index in [0.717, 1.165) is 4.31 Å². The first kappa shape index (κ1) is 18.4. The summed E-state index contributed by atoms with van der Waals surface area (Å²) in [4.78, 5) is 23.3. The maximum atomic E-state index is 12.1. The van der Waals surface area contributed by atoms with Crippen molar-refractivity contribution < 1.29 is 18.0 Å². The summed E-state index contributed by atoms with van der Waals surface area (Å²) in [6, 6.07) is 3.84. The van der Waals surface area contributed by atoms with Crippen LogP contribution in [0.2, 0.25) is 5.02 Å². The summed E-state index contributed by atoms with van der Waals surface area (Å²) in [7, 11) is -0.899. The lowest BCUT2D eigenvalue weighted by molar-refractivity contribution is -0.120. The highest BCUT2D eigenvalue weighted by atomic mass is 35.5. The number of carbonyl (C=O) groups excluding carboxylic acids is 2. The van der Waals surface area contributed by atoms with Crippen molar-refractivity contribution in [2.24, 2.45) is 0 Å². The molecule has 0 saturated carbocycles. The summed E-state index contributed by atoms with van der Waals surface area (Å²) < 4.78 is 25.1. The molecule has 1 aromatic carbocycles. The fourth-order valence-corrected chi connectivity index (χ4v) is 2.70. The van der Waals surface area contributed by atoms with Gasteiger partial charge in [0.15, 0.2) is 0 Å². The van der Waals surface area contributed by atoms with E-state index in [9.17, 15) is 18.0 Å². The molecule has 0 atom stereocenters. The van der Waals surface area contributed by atoms with E-state index in [-0.39, 0.29) is 27.9 Å². The number of carbonyl (C=O) groups is 2. The van der Waals surface area contributed by atoms with Gasteiger partial charge in [-0.15, -0.1) is 0 Å². The number of halogens is 1. The average molecular weight is 348 g/mol. The largest absolute Gasteiger partial charge is 0.355 e. The minimum absolute atomic E-state index is 0.00566. The number of rotatable bonds is 6. The smallest absolute Gasteiger partial charge is 0.253 e. The third kappa shape index (κ3) is 4.43. The van der Waals surface area contributed by atoms with Crippen LogP contribution in [0.3, 0.4) is 0 Å². The van der Waals surface area contributed by atoms with Crippen LogP contribution in [0.15, 0.2) is 23.1 Å². The van der Waals surface area contributed by atoms with E-state index >= 15 is 0 Å². The van der Waals surface area contributed by atoms with E-state index in [1.807, 2.05) is 0 Å². The predicted molar refractivity (Wildman–Crippen MR) is 83.3 cm³/mol. The van der Waals surface area contributed by atoms with Crippen LogP contribution < -0.4 is 10.6 Å². The van der Waals surface area contributed by atoms with Crippen molar-refractivity contribution in [1.82, 2.24) is 14.9 Å². The van der Waals surface area contributed by atoms with Crippen LogP contribution in [0.1, 0.15) is 17.3 Å². The maximum Gasteiger partial charge on any atom is 0.253 e. The van der Waals surface area contributed by atoms with E-state index < -0.39 is 15.9 Å². The van der Waals surface area contributed by atoms with Crippen molar-refractivity contribution in [3.8, 4) is 0 Å². The second-order valence-corrected chi connectivity index (χ2v) is 7.12. The van der Waals surface area contributed by atoms with Gasteiger partial charge >= 0.3 is 0 Å². The van der Waals surface area contributed by atoms with E-state index in [1.165, 1.54) is 32.3 Å². The van der Waals surface area contributed by atoms with Crippen molar-refractivity contribution in [3.63, 3.8) is 0 Å². The van der Waals surface area contributed by atoms with Gasteiger partial charge in [-0.05, 0) is 25.1 Å². The summed E-state index contributed by atoms with van der Waals surface area (Å²) in [6.07, 6.45) is 0. The minimum Gasteiger partial charge on any atom is -0.355 e. The van der Waals surface area contributed by atoms with Gasteiger partial charge in [-0.3, -0.25) is 9.59 Å². The maximum absolute atomic E-state index is 12.1. The zero-order chi connectivity index (χ0) is 16.9. The Labute approximate surface area is 134 Å². The summed E-state index contributed by atoms with van der Waals surface area (Å²) in [5.74, 6) is -0.962. The Hall–Kier alpha value is -1.64. The summed E-state index contributed by atoms with van der Waals surface area (Å²) >= 11 is 5.93. The number of benzene rings is 1. The lowest BCUT2D eigenvalue weighted by atomic mass is 10.2. The van der Waals surface area contributed by atoms with E-state index in [2.05, 4.69) is 10.6 Å². The lowest BCUT2D eigenvalue weighted by Gasteiger charge is -2.13. The first-order chi connectivity index (χ1) is 10.2. The molecule has 0 saturated heterocycles. The fourth-order valence-electron chi connectivity index (χ4n) is 1.57. The Morgan fingerprint density at radius 2 is 1.86 bits per heavy atom. The molecule has 1 aromatic rings. The van der Waals surface area contributed by atoms with E-state index in [1.54, 1.807) is 6.92 Å². The fraction of sp³-hybridized carbons (Fsp3) is 0.385. The Balaban J connectivity index is 3.00. The van der Waals surface area contributed by atoms with Crippen LogP contribution >= 0.6 is 11.6 Å². The third-order valence-corrected chi connectivity index (χ3v) is 4.89. The molecule has 122 valence electrons. The summed E-state index contributed by atoms with van der Waals surface area (Å²) in [5, 5.41) is 5.02. The topological polar surface area (TPSA) is 95.6 Å². The van der Waals surface area contributed by atoms with Crippen LogP contribution in [0.4, 0.5) is 0 Å². The van der Waals surface area contributed by atoms with Crippen LogP contribution in [-0.2, 0) is 14.8 Å². The van der Waals surface area contributed by atoms with Crippen molar-refractivity contribution in [1.29, 1.82) is 0 Å². The molecule has 0 heterocycles. The van der Waals surface area contributed by atoms with Gasteiger partial charge in [0.05, 0.1) is 22.0 Å². The van der Waals surface area contributed by atoms with Crippen LogP contribution in [0, 0.1) is 0 Å². The van der Waals surface area contributed by atoms with Gasteiger partial charge in [0.25, 0.3) is 5.91 Å². The standard InChI is InChI=1S/C13H18ClN3O4S/c1-4-15-12(18)8-16-13(19)10-7-9(5-6-11(10)14)22(20,21)17(2)3/h5-7H,4,8H2,1-3H3,(H,15,18)(H,16,19). The minimum atomic E-state index is -3.67. The highest BCUT2D eigenvalue weighted by molar-refractivity contribution is 7.89. The molecule has 0 aliphatic rings. The zero-order valence-electron chi connectivity index (χ0n) is 12.5. The summed E-state index contributed by atoms with van der Waals surface area (Å²) in [6.45, 7) is 1.99.